The summed E-state index contributed by atoms with van der Waals surface area (Å²) < 4.78 is 0. The molecule has 1 heteroatoms. The molecule has 0 atom stereocenters. The molecular formula is C9H16O. The third-order valence-electron chi connectivity index (χ3n) is 1.31. The van der Waals surface area contributed by atoms with E-state index in [0.717, 1.165) is 18.6 Å². The molecular weight excluding hydrogens is 124 g/mol. The lowest BCUT2D eigenvalue weighted by atomic mass is 10.1. The first kappa shape index (κ1) is 9.41. The van der Waals surface area contributed by atoms with Crippen molar-refractivity contribution >= 4 is 6.29 Å². The standard InChI is InChI=1S/C9H16O/c1-9(2)7-5-3-4-6-8-10/h3-4,8-9H,5-7H2,1-2H3/b4-3+. The van der Waals surface area contributed by atoms with Crippen LogP contribution in [0.25, 0.3) is 0 Å². The number of hydrogen-bond acceptors (Lipinski definition) is 1. The van der Waals surface area contributed by atoms with Crippen LogP contribution in [0.4, 0.5) is 0 Å². The van der Waals surface area contributed by atoms with Gasteiger partial charge >= 0.3 is 0 Å². The Bertz CT molecular complexity index is 103. The Morgan fingerprint density at radius 3 is 2.50 bits per heavy atom. The van der Waals surface area contributed by atoms with Crippen LogP contribution >= 0.6 is 0 Å². The number of allylic oxidation sites excluding steroid dienone is 2. The Kier molecular flexibility index (Phi) is 6.14. The fourth-order valence-corrected chi connectivity index (χ4v) is 0.699. The molecule has 0 aromatic heterocycles. The fourth-order valence-electron chi connectivity index (χ4n) is 0.699. The maximum absolute atomic E-state index is 9.85. The summed E-state index contributed by atoms with van der Waals surface area (Å²) in [6.45, 7) is 4.40. The largest absolute Gasteiger partial charge is 0.303 e. The van der Waals surface area contributed by atoms with Gasteiger partial charge in [-0.05, 0) is 18.8 Å². The minimum atomic E-state index is 0.568. The number of aldehydes is 1. The van der Waals surface area contributed by atoms with Crippen molar-refractivity contribution in [1.29, 1.82) is 0 Å². The zero-order valence-electron chi connectivity index (χ0n) is 6.84. The normalized spacial score (nSPS) is 11.1. The first-order valence-electron chi connectivity index (χ1n) is 3.86. The predicted octanol–water partition coefficient (Wildman–Crippen LogP) is 2.57. The number of hydrogen-bond donors (Lipinski definition) is 0. The Labute approximate surface area is 63.1 Å². The Balaban J connectivity index is 3.09. The van der Waals surface area contributed by atoms with E-state index in [4.69, 9.17) is 0 Å². The van der Waals surface area contributed by atoms with Crippen molar-refractivity contribution in [2.75, 3.05) is 0 Å². The van der Waals surface area contributed by atoms with E-state index >= 15 is 0 Å². The van der Waals surface area contributed by atoms with Gasteiger partial charge in [0.2, 0.25) is 0 Å². The van der Waals surface area contributed by atoms with Gasteiger partial charge < -0.3 is 4.79 Å². The van der Waals surface area contributed by atoms with Crippen LogP contribution in [0, 0.1) is 5.92 Å². The summed E-state index contributed by atoms with van der Waals surface area (Å²) in [6.07, 6.45) is 7.81. The van der Waals surface area contributed by atoms with Gasteiger partial charge in [0.05, 0.1) is 0 Å². The van der Waals surface area contributed by atoms with Gasteiger partial charge in [-0.1, -0.05) is 26.0 Å². The van der Waals surface area contributed by atoms with E-state index in [9.17, 15) is 4.79 Å². The summed E-state index contributed by atoms with van der Waals surface area (Å²) in [5.41, 5.74) is 0. The van der Waals surface area contributed by atoms with E-state index in [-0.39, 0.29) is 0 Å². The second kappa shape index (κ2) is 6.53. The molecule has 0 amide bonds. The van der Waals surface area contributed by atoms with Gasteiger partial charge in [0.25, 0.3) is 0 Å². The van der Waals surface area contributed by atoms with E-state index in [1.165, 1.54) is 6.42 Å². The zero-order valence-corrected chi connectivity index (χ0v) is 6.84. The lowest BCUT2D eigenvalue weighted by molar-refractivity contribution is -0.107. The van der Waals surface area contributed by atoms with Crippen LogP contribution in [-0.4, -0.2) is 6.29 Å². The molecule has 1 nitrogen and oxygen atoms in total. The lowest BCUT2D eigenvalue weighted by Crippen LogP contribution is -1.83. The number of rotatable bonds is 5. The maximum Gasteiger partial charge on any atom is 0.123 e. The molecule has 0 aliphatic heterocycles. The highest BCUT2D eigenvalue weighted by atomic mass is 16.1. The first-order valence-corrected chi connectivity index (χ1v) is 3.86. The molecule has 0 radical (unpaired) electrons. The van der Waals surface area contributed by atoms with Crippen LogP contribution in [0.2, 0.25) is 0 Å². The van der Waals surface area contributed by atoms with Crippen molar-refractivity contribution in [3.63, 3.8) is 0 Å². The molecule has 0 aliphatic carbocycles. The molecule has 0 spiro atoms. The lowest BCUT2D eigenvalue weighted by Gasteiger charge is -1.97. The summed E-state index contributed by atoms with van der Waals surface area (Å²) in [4.78, 5) is 9.85. The second-order valence-electron chi connectivity index (χ2n) is 2.84. The smallest absolute Gasteiger partial charge is 0.123 e. The first-order chi connectivity index (χ1) is 4.77. The van der Waals surface area contributed by atoms with Gasteiger partial charge in [0.1, 0.15) is 6.29 Å². The van der Waals surface area contributed by atoms with Crippen LogP contribution in [0.3, 0.4) is 0 Å². The summed E-state index contributed by atoms with van der Waals surface area (Å²) in [5.74, 6) is 0.765. The van der Waals surface area contributed by atoms with Crippen LogP contribution < -0.4 is 0 Å². The van der Waals surface area contributed by atoms with Gasteiger partial charge in [0, 0.05) is 6.42 Å². The van der Waals surface area contributed by atoms with Crippen molar-refractivity contribution in [2.24, 2.45) is 5.92 Å². The van der Waals surface area contributed by atoms with Gasteiger partial charge in [-0.25, -0.2) is 0 Å². The molecule has 0 saturated carbocycles. The molecule has 0 N–H and O–H groups in total. The van der Waals surface area contributed by atoms with E-state index in [0.29, 0.717) is 6.42 Å². The van der Waals surface area contributed by atoms with Crippen molar-refractivity contribution in [1.82, 2.24) is 0 Å². The van der Waals surface area contributed by atoms with Crippen LogP contribution in [0.15, 0.2) is 12.2 Å². The van der Waals surface area contributed by atoms with Crippen molar-refractivity contribution in [2.45, 2.75) is 33.1 Å². The van der Waals surface area contributed by atoms with Crippen molar-refractivity contribution < 1.29 is 4.79 Å². The molecule has 0 aliphatic rings. The van der Waals surface area contributed by atoms with E-state index in [1.54, 1.807) is 0 Å². The zero-order chi connectivity index (χ0) is 7.82. The topological polar surface area (TPSA) is 17.1 Å². The average Bonchev–Trinajstić information content (AvgIpc) is 1.87. The summed E-state index contributed by atoms with van der Waals surface area (Å²) in [6, 6.07) is 0. The fraction of sp³-hybridized carbons (Fsp3) is 0.667. The summed E-state index contributed by atoms with van der Waals surface area (Å²) >= 11 is 0. The number of carbonyl (C=O) groups excluding carboxylic acids is 1. The number of carbonyl (C=O) groups is 1. The van der Waals surface area contributed by atoms with Gasteiger partial charge in [-0.15, -0.1) is 0 Å². The molecule has 0 fully saturated rings. The molecule has 58 valence electrons. The monoisotopic (exact) mass is 140 g/mol. The van der Waals surface area contributed by atoms with E-state index < -0.39 is 0 Å². The molecule has 0 unspecified atom stereocenters. The highest BCUT2D eigenvalue weighted by molar-refractivity contribution is 5.51. The summed E-state index contributed by atoms with van der Waals surface area (Å²) in [5, 5.41) is 0. The Morgan fingerprint density at radius 2 is 2.00 bits per heavy atom. The van der Waals surface area contributed by atoms with Crippen LogP contribution in [-0.2, 0) is 4.79 Å². The average molecular weight is 140 g/mol. The highest BCUT2D eigenvalue weighted by Crippen LogP contribution is 2.03. The molecule has 0 saturated heterocycles. The van der Waals surface area contributed by atoms with Gasteiger partial charge in [-0.3, -0.25) is 0 Å². The predicted molar refractivity (Wildman–Crippen MR) is 43.9 cm³/mol. The quantitative estimate of drug-likeness (QED) is 0.423. The molecule has 0 aromatic rings. The third kappa shape index (κ3) is 7.41. The van der Waals surface area contributed by atoms with Gasteiger partial charge in [-0.2, -0.15) is 0 Å². The minimum absolute atomic E-state index is 0.568. The molecule has 0 heterocycles. The van der Waals surface area contributed by atoms with E-state index in [2.05, 4.69) is 19.9 Å². The summed E-state index contributed by atoms with van der Waals surface area (Å²) in [7, 11) is 0. The second-order valence-corrected chi connectivity index (χ2v) is 2.84. The molecule has 10 heavy (non-hydrogen) atoms. The van der Waals surface area contributed by atoms with Crippen LogP contribution in [0.1, 0.15) is 33.1 Å². The minimum Gasteiger partial charge on any atom is -0.303 e. The maximum atomic E-state index is 9.85. The Hall–Kier alpha value is -0.590. The SMILES string of the molecule is CC(C)CC/C=C/CC=O. The molecule has 0 aromatic carbocycles. The van der Waals surface area contributed by atoms with Crippen LogP contribution in [0.5, 0.6) is 0 Å². The van der Waals surface area contributed by atoms with Crippen molar-refractivity contribution in [3.05, 3.63) is 12.2 Å². The van der Waals surface area contributed by atoms with Gasteiger partial charge in [0.15, 0.2) is 0 Å². The molecule has 0 bridgehead atoms. The highest BCUT2D eigenvalue weighted by Gasteiger charge is 1.88. The van der Waals surface area contributed by atoms with E-state index in [1.807, 2.05) is 6.08 Å². The Morgan fingerprint density at radius 1 is 1.30 bits per heavy atom. The molecule has 0 rings (SSSR count). The third-order valence-corrected chi connectivity index (χ3v) is 1.31. The van der Waals surface area contributed by atoms with Crippen molar-refractivity contribution in [3.8, 4) is 0 Å².